The first-order valence-corrected chi connectivity index (χ1v) is 6.29. The molecule has 0 aromatic heterocycles. The van der Waals surface area contributed by atoms with Gasteiger partial charge in [0.05, 0.1) is 12.5 Å². The van der Waals surface area contributed by atoms with Crippen LogP contribution in [0, 0.1) is 11.3 Å². The maximum absolute atomic E-state index is 12.0. The quantitative estimate of drug-likeness (QED) is 0.571. The molecule has 1 rings (SSSR count). The topological polar surface area (TPSA) is 82.0 Å². The lowest BCUT2D eigenvalue weighted by Crippen LogP contribution is -2.47. The van der Waals surface area contributed by atoms with Crippen LogP contribution < -0.4 is 10.6 Å². The van der Waals surface area contributed by atoms with Gasteiger partial charge in [-0.3, -0.25) is 9.59 Å². The largest absolute Gasteiger partial charge is 0.353 e. The molecule has 5 heteroatoms. The van der Waals surface area contributed by atoms with Crippen LogP contribution in [-0.2, 0) is 16.0 Å². The van der Waals surface area contributed by atoms with Crippen molar-refractivity contribution in [3.05, 3.63) is 48.6 Å². The van der Waals surface area contributed by atoms with E-state index in [1.807, 2.05) is 36.4 Å². The highest BCUT2D eigenvalue weighted by Gasteiger charge is 2.19. The van der Waals surface area contributed by atoms with Gasteiger partial charge in [-0.2, -0.15) is 5.26 Å². The summed E-state index contributed by atoms with van der Waals surface area (Å²) in [5.41, 5.74) is 0.942. The van der Waals surface area contributed by atoms with Crippen molar-refractivity contribution < 1.29 is 9.59 Å². The highest BCUT2D eigenvalue weighted by molar-refractivity contribution is 5.92. The van der Waals surface area contributed by atoms with E-state index in [0.29, 0.717) is 6.42 Å². The van der Waals surface area contributed by atoms with E-state index in [1.54, 1.807) is 0 Å². The number of nitriles is 1. The average Bonchev–Trinajstić information content (AvgIpc) is 2.47. The van der Waals surface area contributed by atoms with Crippen molar-refractivity contribution in [2.45, 2.75) is 18.9 Å². The highest BCUT2D eigenvalue weighted by atomic mass is 16.2. The third-order valence-corrected chi connectivity index (χ3v) is 2.64. The molecule has 0 fully saturated rings. The summed E-state index contributed by atoms with van der Waals surface area (Å²) < 4.78 is 0. The van der Waals surface area contributed by atoms with Crippen LogP contribution in [0.3, 0.4) is 0 Å². The molecule has 104 valence electrons. The zero-order valence-corrected chi connectivity index (χ0v) is 11.1. The van der Waals surface area contributed by atoms with Gasteiger partial charge in [0.15, 0.2) is 0 Å². The van der Waals surface area contributed by atoms with Gasteiger partial charge in [-0.05, 0) is 11.6 Å². The number of nitrogens with one attached hydrogen (secondary N) is 2. The van der Waals surface area contributed by atoms with E-state index < -0.39 is 11.9 Å². The number of nitrogens with zero attached hydrogens (tertiary/aromatic N) is 1. The number of carbonyl (C=O) groups excluding carboxylic acids is 2. The number of rotatable bonds is 7. The van der Waals surface area contributed by atoms with Crippen molar-refractivity contribution in [1.82, 2.24) is 10.6 Å². The van der Waals surface area contributed by atoms with Crippen molar-refractivity contribution in [3.63, 3.8) is 0 Å². The summed E-state index contributed by atoms with van der Waals surface area (Å²) in [5, 5.41) is 13.7. The Kier molecular flexibility index (Phi) is 6.55. The van der Waals surface area contributed by atoms with E-state index in [0.717, 1.165) is 11.6 Å². The molecule has 0 saturated carbocycles. The molecule has 0 spiro atoms. The fourth-order valence-corrected chi connectivity index (χ4v) is 1.65. The van der Waals surface area contributed by atoms with Gasteiger partial charge in [-0.15, -0.1) is 0 Å². The monoisotopic (exact) mass is 271 g/mol. The van der Waals surface area contributed by atoms with E-state index in [-0.39, 0.29) is 18.9 Å². The summed E-state index contributed by atoms with van der Waals surface area (Å²) in [5.74, 6) is -0.708. The molecule has 2 N–H and O–H groups in total. The molecule has 0 radical (unpaired) electrons. The fourth-order valence-electron chi connectivity index (χ4n) is 1.65. The second kappa shape index (κ2) is 8.48. The van der Waals surface area contributed by atoms with E-state index in [2.05, 4.69) is 17.2 Å². The Bertz CT molecular complexity index is 506. The molecule has 1 atom stereocenters. The minimum atomic E-state index is -0.679. The number of hydrogen-bond donors (Lipinski definition) is 2. The Labute approximate surface area is 118 Å². The molecule has 0 aliphatic heterocycles. The Morgan fingerprint density at radius 1 is 1.35 bits per heavy atom. The zero-order chi connectivity index (χ0) is 14.8. The molecule has 0 aliphatic rings. The summed E-state index contributed by atoms with van der Waals surface area (Å²) in [7, 11) is 0. The van der Waals surface area contributed by atoms with Gasteiger partial charge in [0.25, 0.3) is 0 Å². The van der Waals surface area contributed by atoms with Crippen LogP contribution in [-0.4, -0.2) is 24.4 Å². The van der Waals surface area contributed by atoms with Crippen LogP contribution in [0.1, 0.15) is 12.0 Å². The minimum absolute atomic E-state index is 0.235. The van der Waals surface area contributed by atoms with E-state index >= 15 is 0 Å². The lowest BCUT2D eigenvalue weighted by molar-refractivity contribution is -0.127. The molecule has 0 aliphatic carbocycles. The molecular weight excluding hydrogens is 254 g/mol. The predicted octanol–water partition coefficient (Wildman–Crippen LogP) is 0.930. The minimum Gasteiger partial charge on any atom is -0.353 e. The van der Waals surface area contributed by atoms with Crippen LogP contribution in [0.15, 0.2) is 43.0 Å². The standard InChI is InChI=1S/C15H17N3O2/c1-2-14(19)18-13(15(20)17-10-6-9-16)11-12-7-4-3-5-8-12/h2-5,7-8,13H,1,6,10-11H2,(H,17,20)(H,18,19). The first-order chi connectivity index (χ1) is 9.67. The Morgan fingerprint density at radius 3 is 2.65 bits per heavy atom. The summed E-state index contributed by atoms with van der Waals surface area (Å²) in [6, 6.07) is 10.7. The van der Waals surface area contributed by atoms with Crippen molar-refractivity contribution in [2.75, 3.05) is 6.54 Å². The van der Waals surface area contributed by atoms with Crippen molar-refractivity contribution >= 4 is 11.8 Å². The van der Waals surface area contributed by atoms with Crippen LogP contribution in [0.5, 0.6) is 0 Å². The third kappa shape index (κ3) is 5.36. The summed E-state index contributed by atoms with van der Waals surface area (Å²) in [6.07, 6.45) is 1.75. The lowest BCUT2D eigenvalue weighted by Gasteiger charge is -2.17. The van der Waals surface area contributed by atoms with Crippen molar-refractivity contribution in [3.8, 4) is 6.07 Å². The van der Waals surface area contributed by atoms with Crippen LogP contribution in [0.2, 0.25) is 0 Å². The summed E-state index contributed by atoms with van der Waals surface area (Å²) in [6.45, 7) is 3.64. The predicted molar refractivity (Wildman–Crippen MR) is 75.5 cm³/mol. The normalized spacial score (nSPS) is 10.9. The number of benzene rings is 1. The summed E-state index contributed by atoms with van der Waals surface area (Å²) in [4.78, 5) is 23.4. The molecule has 20 heavy (non-hydrogen) atoms. The molecule has 1 aromatic carbocycles. The first kappa shape index (κ1) is 15.4. The van der Waals surface area contributed by atoms with E-state index in [9.17, 15) is 9.59 Å². The Balaban J connectivity index is 2.69. The molecule has 0 saturated heterocycles. The van der Waals surface area contributed by atoms with Crippen LogP contribution >= 0.6 is 0 Å². The maximum Gasteiger partial charge on any atom is 0.244 e. The second-order valence-corrected chi connectivity index (χ2v) is 4.15. The van der Waals surface area contributed by atoms with Gasteiger partial charge in [-0.1, -0.05) is 36.9 Å². The molecule has 1 aromatic rings. The van der Waals surface area contributed by atoms with Crippen LogP contribution in [0.25, 0.3) is 0 Å². The number of hydrogen-bond acceptors (Lipinski definition) is 3. The second-order valence-electron chi connectivity index (χ2n) is 4.15. The molecule has 5 nitrogen and oxygen atoms in total. The zero-order valence-electron chi connectivity index (χ0n) is 11.1. The lowest BCUT2D eigenvalue weighted by atomic mass is 10.1. The highest BCUT2D eigenvalue weighted by Crippen LogP contribution is 2.03. The van der Waals surface area contributed by atoms with Gasteiger partial charge in [0.1, 0.15) is 6.04 Å². The first-order valence-electron chi connectivity index (χ1n) is 6.29. The van der Waals surface area contributed by atoms with Gasteiger partial charge >= 0.3 is 0 Å². The third-order valence-electron chi connectivity index (χ3n) is 2.64. The Hall–Kier alpha value is -2.61. The molecule has 0 bridgehead atoms. The van der Waals surface area contributed by atoms with Gasteiger partial charge in [-0.25, -0.2) is 0 Å². The van der Waals surface area contributed by atoms with Crippen LogP contribution in [0.4, 0.5) is 0 Å². The number of carbonyl (C=O) groups is 2. The average molecular weight is 271 g/mol. The van der Waals surface area contributed by atoms with E-state index in [1.165, 1.54) is 0 Å². The van der Waals surface area contributed by atoms with Crippen molar-refractivity contribution in [1.29, 1.82) is 5.26 Å². The molecule has 2 amide bonds. The Morgan fingerprint density at radius 2 is 2.05 bits per heavy atom. The SMILES string of the molecule is C=CC(=O)NC(Cc1ccccc1)C(=O)NCCC#N. The molecule has 0 heterocycles. The fraction of sp³-hybridized carbons (Fsp3) is 0.267. The number of amides is 2. The van der Waals surface area contributed by atoms with E-state index in [4.69, 9.17) is 5.26 Å². The van der Waals surface area contributed by atoms with Gasteiger partial charge in [0.2, 0.25) is 11.8 Å². The smallest absolute Gasteiger partial charge is 0.244 e. The maximum atomic E-state index is 12.0. The van der Waals surface area contributed by atoms with Gasteiger partial charge in [0, 0.05) is 13.0 Å². The summed E-state index contributed by atoms with van der Waals surface area (Å²) >= 11 is 0. The molecular formula is C15H17N3O2. The van der Waals surface area contributed by atoms with Crippen molar-refractivity contribution in [2.24, 2.45) is 0 Å². The van der Waals surface area contributed by atoms with Gasteiger partial charge < -0.3 is 10.6 Å². The molecule has 1 unspecified atom stereocenters.